The molecule has 1 heterocycles. The Kier molecular flexibility index (Phi) is 2.26. The fourth-order valence-corrected chi connectivity index (χ4v) is 2.10. The van der Waals surface area contributed by atoms with Crippen molar-refractivity contribution in [3.05, 3.63) is 0 Å². The van der Waals surface area contributed by atoms with Gasteiger partial charge in [0.1, 0.15) is 0 Å². The lowest BCUT2D eigenvalue weighted by Crippen LogP contribution is -2.43. The normalized spacial score (nSPS) is 37.9. The molecule has 2 N–H and O–H groups in total. The van der Waals surface area contributed by atoms with Crippen LogP contribution in [0.5, 0.6) is 0 Å². The number of hydrogen-bond acceptors (Lipinski definition) is 2. The molecule has 2 nitrogen and oxygen atoms in total. The predicted molar refractivity (Wildman–Crippen MR) is 48.5 cm³/mol. The molecule has 0 saturated carbocycles. The van der Waals surface area contributed by atoms with Gasteiger partial charge in [-0.1, -0.05) is 0 Å². The first kappa shape index (κ1) is 9.01. The van der Waals surface area contributed by atoms with E-state index in [-0.39, 0.29) is 0 Å². The third-order valence-electron chi connectivity index (χ3n) is 3.48. The van der Waals surface area contributed by atoms with E-state index in [0.29, 0.717) is 17.5 Å². The minimum absolute atomic E-state index is 0.300. The maximum absolute atomic E-state index is 5.71. The van der Waals surface area contributed by atoms with Gasteiger partial charge < -0.3 is 5.73 Å². The van der Waals surface area contributed by atoms with Gasteiger partial charge in [0.2, 0.25) is 0 Å². The van der Waals surface area contributed by atoms with E-state index in [1.165, 1.54) is 6.42 Å². The highest BCUT2D eigenvalue weighted by molar-refractivity contribution is 4.97. The summed E-state index contributed by atoms with van der Waals surface area (Å²) in [7, 11) is 2.19. The molecule has 2 unspecified atom stereocenters. The van der Waals surface area contributed by atoms with Crippen LogP contribution in [0.2, 0.25) is 0 Å². The molecule has 1 rings (SSSR count). The van der Waals surface area contributed by atoms with E-state index < -0.39 is 0 Å². The van der Waals surface area contributed by atoms with E-state index >= 15 is 0 Å². The van der Waals surface area contributed by atoms with Crippen molar-refractivity contribution in [3.8, 4) is 0 Å². The van der Waals surface area contributed by atoms with Crippen molar-refractivity contribution in [2.45, 2.75) is 38.8 Å². The van der Waals surface area contributed by atoms with Gasteiger partial charge in [-0.05, 0) is 46.7 Å². The molecule has 1 saturated heterocycles. The first-order valence-electron chi connectivity index (χ1n) is 4.43. The molecule has 11 heavy (non-hydrogen) atoms. The molecule has 0 radical (unpaired) electrons. The predicted octanol–water partition coefficient (Wildman–Crippen LogP) is 1.06. The molecule has 1 aliphatic rings. The summed E-state index contributed by atoms with van der Waals surface area (Å²) in [6.45, 7) is 7.67. The Hall–Kier alpha value is -0.0800. The Bertz CT molecular complexity index is 142. The zero-order valence-electron chi connectivity index (χ0n) is 8.09. The topological polar surface area (TPSA) is 29.3 Å². The maximum atomic E-state index is 5.71. The van der Waals surface area contributed by atoms with Crippen molar-refractivity contribution < 1.29 is 0 Å². The zero-order chi connectivity index (χ0) is 8.65. The van der Waals surface area contributed by atoms with Crippen molar-refractivity contribution >= 4 is 0 Å². The van der Waals surface area contributed by atoms with Crippen LogP contribution in [0, 0.1) is 5.92 Å². The number of nitrogens with zero attached hydrogens (tertiary/aromatic N) is 1. The molecule has 1 aliphatic heterocycles. The molecule has 66 valence electrons. The van der Waals surface area contributed by atoms with Crippen LogP contribution < -0.4 is 5.73 Å². The molecule has 0 aromatic heterocycles. The summed E-state index contributed by atoms with van der Waals surface area (Å²) in [4.78, 5) is 2.44. The van der Waals surface area contributed by atoms with Crippen molar-refractivity contribution in [1.29, 1.82) is 0 Å². The second-order valence-corrected chi connectivity index (χ2v) is 4.28. The Morgan fingerprint density at radius 3 is 2.27 bits per heavy atom. The molecule has 0 aromatic carbocycles. The number of nitrogens with two attached hydrogens (primary N) is 1. The summed E-state index contributed by atoms with van der Waals surface area (Å²) in [5, 5.41) is 0. The van der Waals surface area contributed by atoms with E-state index in [1.807, 2.05) is 0 Å². The fourth-order valence-electron chi connectivity index (χ4n) is 2.10. The number of rotatable bonds is 1. The van der Waals surface area contributed by atoms with Crippen molar-refractivity contribution in [2.24, 2.45) is 11.7 Å². The highest BCUT2D eigenvalue weighted by Gasteiger charge is 2.41. The second-order valence-electron chi connectivity index (χ2n) is 4.28. The summed E-state index contributed by atoms with van der Waals surface area (Å²) >= 11 is 0. The lowest BCUT2D eigenvalue weighted by atomic mass is 9.88. The number of likely N-dealkylation sites (tertiary alicyclic amines) is 1. The monoisotopic (exact) mass is 156 g/mol. The van der Waals surface area contributed by atoms with E-state index in [4.69, 9.17) is 5.73 Å². The summed E-state index contributed by atoms with van der Waals surface area (Å²) in [5.41, 5.74) is 6.01. The zero-order valence-corrected chi connectivity index (χ0v) is 8.09. The van der Waals surface area contributed by atoms with E-state index in [0.717, 1.165) is 6.54 Å². The highest BCUT2D eigenvalue weighted by atomic mass is 15.2. The molecule has 0 aliphatic carbocycles. The van der Waals surface area contributed by atoms with Gasteiger partial charge in [0.05, 0.1) is 0 Å². The molecule has 0 amide bonds. The van der Waals surface area contributed by atoms with Crippen LogP contribution in [0.4, 0.5) is 0 Å². The van der Waals surface area contributed by atoms with Gasteiger partial charge >= 0.3 is 0 Å². The quantitative estimate of drug-likeness (QED) is 0.615. The lowest BCUT2D eigenvalue weighted by molar-refractivity contribution is 0.149. The molecule has 0 bridgehead atoms. The van der Waals surface area contributed by atoms with Crippen molar-refractivity contribution in [3.63, 3.8) is 0 Å². The highest BCUT2D eigenvalue weighted by Crippen LogP contribution is 2.36. The Balaban J connectivity index is 2.74. The van der Waals surface area contributed by atoms with Gasteiger partial charge in [-0.3, -0.25) is 4.90 Å². The molecule has 0 aromatic rings. The largest absolute Gasteiger partial charge is 0.330 e. The van der Waals surface area contributed by atoms with Crippen molar-refractivity contribution in [2.75, 3.05) is 13.6 Å². The first-order chi connectivity index (χ1) is 5.00. The van der Waals surface area contributed by atoms with Gasteiger partial charge in [0.25, 0.3) is 0 Å². The summed E-state index contributed by atoms with van der Waals surface area (Å²) < 4.78 is 0. The first-order valence-corrected chi connectivity index (χ1v) is 4.43. The second kappa shape index (κ2) is 2.76. The van der Waals surface area contributed by atoms with Crippen LogP contribution in [-0.2, 0) is 0 Å². The number of hydrogen-bond donors (Lipinski definition) is 1. The molecular weight excluding hydrogens is 136 g/mol. The molecule has 2 atom stereocenters. The van der Waals surface area contributed by atoms with Crippen LogP contribution in [-0.4, -0.2) is 30.1 Å². The third kappa shape index (κ3) is 1.30. The van der Waals surface area contributed by atoms with E-state index in [9.17, 15) is 0 Å². The molecule has 0 spiro atoms. The van der Waals surface area contributed by atoms with Gasteiger partial charge in [-0.2, -0.15) is 0 Å². The standard InChI is InChI=1S/C9H20N2/c1-7-5-8(6-10)9(2,3)11(7)4/h7-8H,5-6,10H2,1-4H3. The minimum atomic E-state index is 0.300. The lowest BCUT2D eigenvalue weighted by Gasteiger charge is -2.34. The van der Waals surface area contributed by atoms with Gasteiger partial charge in [-0.25, -0.2) is 0 Å². The SMILES string of the molecule is CC1CC(CN)C(C)(C)N1C. The average molecular weight is 156 g/mol. The van der Waals surface area contributed by atoms with E-state index in [2.05, 4.69) is 32.7 Å². The average Bonchev–Trinajstić information content (AvgIpc) is 2.13. The summed E-state index contributed by atoms with van der Waals surface area (Å²) in [6.07, 6.45) is 1.25. The molecule has 1 fully saturated rings. The van der Waals surface area contributed by atoms with Gasteiger partial charge in [0.15, 0.2) is 0 Å². The van der Waals surface area contributed by atoms with Gasteiger partial charge in [0, 0.05) is 11.6 Å². The molecular formula is C9H20N2. The smallest absolute Gasteiger partial charge is 0.0193 e. The Morgan fingerprint density at radius 2 is 2.09 bits per heavy atom. The van der Waals surface area contributed by atoms with Crippen LogP contribution in [0.3, 0.4) is 0 Å². The van der Waals surface area contributed by atoms with E-state index in [1.54, 1.807) is 0 Å². The fraction of sp³-hybridized carbons (Fsp3) is 1.00. The van der Waals surface area contributed by atoms with Crippen LogP contribution in [0.25, 0.3) is 0 Å². The van der Waals surface area contributed by atoms with Crippen LogP contribution in [0.1, 0.15) is 27.2 Å². The van der Waals surface area contributed by atoms with Crippen LogP contribution in [0.15, 0.2) is 0 Å². The Morgan fingerprint density at radius 1 is 1.55 bits per heavy atom. The summed E-state index contributed by atoms with van der Waals surface area (Å²) in [6, 6.07) is 0.693. The van der Waals surface area contributed by atoms with Crippen molar-refractivity contribution in [1.82, 2.24) is 4.90 Å². The maximum Gasteiger partial charge on any atom is 0.0193 e. The third-order valence-corrected chi connectivity index (χ3v) is 3.48. The summed E-state index contributed by atoms with van der Waals surface area (Å²) in [5.74, 6) is 0.669. The molecule has 2 heteroatoms. The minimum Gasteiger partial charge on any atom is -0.330 e. The Labute approximate surface area is 69.8 Å². The van der Waals surface area contributed by atoms with Gasteiger partial charge in [-0.15, -0.1) is 0 Å². The van der Waals surface area contributed by atoms with Crippen LogP contribution >= 0.6 is 0 Å².